The summed E-state index contributed by atoms with van der Waals surface area (Å²) in [5.74, 6) is 0.0548. The number of hydrogen-bond donors (Lipinski definition) is 2. The Morgan fingerprint density at radius 1 is 1.44 bits per heavy atom. The maximum absolute atomic E-state index is 12.3. The van der Waals surface area contributed by atoms with E-state index in [4.69, 9.17) is 22.1 Å². The molecule has 1 aliphatic rings. The fourth-order valence-electron chi connectivity index (χ4n) is 2.56. The molecule has 0 aromatic heterocycles. The zero-order valence-electron chi connectivity index (χ0n) is 14.2. The minimum atomic E-state index is -0.465. The minimum Gasteiger partial charge on any atom is -0.495 e. The second-order valence-corrected chi connectivity index (χ2v) is 6.03. The standard InChI is InChI=1S/C17H22ClN5O2/c1-25-16-3-2-14(10-15(16)18)21-17(24)13(11-20)12-23-8-6-22(5-4-19)7-9-23/h2-3,10,12H,4-9,19H2,1H3,(H,21,24)/b13-12-. The second kappa shape index (κ2) is 9.28. The van der Waals surface area contributed by atoms with E-state index in [2.05, 4.69) is 10.2 Å². The van der Waals surface area contributed by atoms with Crippen molar-refractivity contribution in [3.05, 3.63) is 35.0 Å². The number of ether oxygens (including phenoxy) is 1. The predicted molar refractivity (Wildman–Crippen MR) is 97.4 cm³/mol. The van der Waals surface area contributed by atoms with Gasteiger partial charge in [-0.15, -0.1) is 0 Å². The van der Waals surface area contributed by atoms with Crippen molar-refractivity contribution in [1.82, 2.24) is 9.80 Å². The number of hydrogen-bond acceptors (Lipinski definition) is 6. The van der Waals surface area contributed by atoms with Crippen molar-refractivity contribution in [2.45, 2.75) is 0 Å². The quantitative estimate of drug-likeness (QED) is 0.584. The first-order chi connectivity index (χ1) is 12.1. The zero-order valence-corrected chi connectivity index (χ0v) is 14.9. The highest BCUT2D eigenvalue weighted by Crippen LogP contribution is 2.27. The molecule has 1 fully saturated rings. The Bertz CT molecular complexity index is 678. The van der Waals surface area contributed by atoms with E-state index in [1.807, 2.05) is 11.0 Å². The van der Waals surface area contributed by atoms with E-state index >= 15 is 0 Å². The van der Waals surface area contributed by atoms with Crippen LogP contribution in [0.15, 0.2) is 30.0 Å². The number of piperazine rings is 1. The Labute approximate surface area is 152 Å². The van der Waals surface area contributed by atoms with Crippen LogP contribution in [0, 0.1) is 11.3 Å². The van der Waals surface area contributed by atoms with E-state index in [1.54, 1.807) is 24.4 Å². The normalized spacial score (nSPS) is 15.6. The number of methoxy groups -OCH3 is 1. The molecule has 1 aromatic rings. The summed E-state index contributed by atoms with van der Waals surface area (Å²) in [5, 5.41) is 12.4. The number of carbonyl (C=O) groups is 1. The molecule has 0 unspecified atom stereocenters. The van der Waals surface area contributed by atoms with Crippen LogP contribution in [0.25, 0.3) is 0 Å². The number of amides is 1. The second-order valence-electron chi connectivity index (χ2n) is 5.62. The molecular formula is C17H22ClN5O2. The van der Waals surface area contributed by atoms with Crippen molar-refractivity contribution in [2.24, 2.45) is 5.73 Å². The molecule has 1 heterocycles. The van der Waals surface area contributed by atoms with Gasteiger partial charge < -0.3 is 20.7 Å². The zero-order chi connectivity index (χ0) is 18.2. The van der Waals surface area contributed by atoms with Crippen LogP contribution in [0.4, 0.5) is 5.69 Å². The van der Waals surface area contributed by atoms with E-state index in [0.717, 1.165) is 32.7 Å². The van der Waals surface area contributed by atoms with Crippen LogP contribution in [0.1, 0.15) is 0 Å². The van der Waals surface area contributed by atoms with Crippen molar-refractivity contribution in [2.75, 3.05) is 51.7 Å². The van der Waals surface area contributed by atoms with Gasteiger partial charge in [0.05, 0.1) is 12.1 Å². The molecule has 1 aliphatic heterocycles. The molecule has 25 heavy (non-hydrogen) atoms. The molecule has 0 saturated carbocycles. The highest BCUT2D eigenvalue weighted by Gasteiger charge is 2.17. The van der Waals surface area contributed by atoms with Gasteiger partial charge in [0.15, 0.2) is 0 Å². The third-order valence-corrected chi connectivity index (χ3v) is 4.23. The molecule has 0 radical (unpaired) electrons. The first-order valence-electron chi connectivity index (χ1n) is 8.00. The number of nitriles is 1. The van der Waals surface area contributed by atoms with E-state index < -0.39 is 5.91 Å². The number of anilines is 1. The summed E-state index contributed by atoms with van der Waals surface area (Å²) in [7, 11) is 1.52. The summed E-state index contributed by atoms with van der Waals surface area (Å²) in [6, 6.07) is 6.87. The molecule has 0 atom stereocenters. The van der Waals surface area contributed by atoms with Crippen molar-refractivity contribution < 1.29 is 9.53 Å². The summed E-state index contributed by atoms with van der Waals surface area (Å²) in [4.78, 5) is 16.6. The first kappa shape index (κ1) is 19.1. The molecule has 1 saturated heterocycles. The number of nitrogens with one attached hydrogen (secondary N) is 1. The number of halogens is 1. The fourth-order valence-corrected chi connectivity index (χ4v) is 2.82. The van der Waals surface area contributed by atoms with Crippen LogP contribution < -0.4 is 15.8 Å². The highest BCUT2D eigenvalue weighted by molar-refractivity contribution is 6.32. The van der Waals surface area contributed by atoms with Gasteiger partial charge in [-0.3, -0.25) is 9.69 Å². The SMILES string of the molecule is COc1ccc(NC(=O)/C(C#N)=C\N2CCN(CCN)CC2)cc1Cl. The molecule has 0 bridgehead atoms. The molecule has 134 valence electrons. The lowest BCUT2D eigenvalue weighted by Crippen LogP contribution is -2.45. The van der Waals surface area contributed by atoms with Gasteiger partial charge in [0.1, 0.15) is 17.4 Å². The molecule has 0 aliphatic carbocycles. The van der Waals surface area contributed by atoms with Crippen molar-refractivity contribution in [3.8, 4) is 11.8 Å². The van der Waals surface area contributed by atoms with E-state index in [1.165, 1.54) is 7.11 Å². The molecular weight excluding hydrogens is 342 g/mol. The minimum absolute atomic E-state index is 0.0548. The summed E-state index contributed by atoms with van der Waals surface area (Å²) in [6.07, 6.45) is 1.61. The van der Waals surface area contributed by atoms with E-state index in [-0.39, 0.29) is 5.57 Å². The Kier molecular flexibility index (Phi) is 7.07. The summed E-state index contributed by atoms with van der Waals surface area (Å²) < 4.78 is 5.07. The van der Waals surface area contributed by atoms with Gasteiger partial charge in [0, 0.05) is 51.2 Å². The van der Waals surface area contributed by atoms with E-state index in [0.29, 0.717) is 23.0 Å². The maximum atomic E-state index is 12.3. The van der Waals surface area contributed by atoms with Gasteiger partial charge in [-0.2, -0.15) is 5.26 Å². The lowest BCUT2D eigenvalue weighted by atomic mass is 10.2. The molecule has 0 spiro atoms. The Hall–Kier alpha value is -2.27. The summed E-state index contributed by atoms with van der Waals surface area (Å²) in [5.41, 5.74) is 6.12. The first-order valence-corrected chi connectivity index (χ1v) is 8.38. The number of nitrogens with zero attached hydrogens (tertiary/aromatic N) is 3. The molecule has 7 nitrogen and oxygen atoms in total. The van der Waals surface area contributed by atoms with Gasteiger partial charge in [-0.05, 0) is 18.2 Å². The molecule has 8 heteroatoms. The van der Waals surface area contributed by atoms with Crippen LogP contribution in [0.5, 0.6) is 5.75 Å². The molecule has 1 amide bonds. The number of rotatable bonds is 6. The average Bonchev–Trinajstić information content (AvgIpc) is 2.61. The lowest BCUT2D eigenvalue weighted by molar-refractivity contribution is -0.112. The Morgan fingerprint density at radius 3 is 2.72 bits per heavy atom. The van der Waals surface area contributed by atoms with Crippen LogP contribution in [-0.4, -0.2) is 62.1 Å². The molecule has 3 N–H and O–H groups in total. The topological polar surface area (TPSA) is 94.6 Å². The fraction of sp³-hybridized carbons (Fsp3) is 0.412. The van der Waals surface area contributed by atoms with Crippen molar-refractivity contribution in [1.29, 1.82) is 5.26 Å². The van der Waals surface area contributed by atoms with E-state index in [9.17, 15) is 10.1 Å². The van der Waals surface area contributed by atoms with Gasteiger partial charge in [0.25, 0.3) is 5.91 Å². The number of carbonyl (C=O) groups excluding carboxylic acids is 1. The summed E-state index contributed by atoms with van der Waals surface area (Å²) >= 11 is 6.04. The van der Waals surface area contributed by atoms with Crippen LogP contribution >= 0.6 is 11.6 Å². The smallest absolute Gasteiger partial charge is 0.267 e. The third kappa shape index (κ3) is 5.36. The highest BCUT2D eigenvalue weighted by atomic mass is 35.5. The largest absolute Gasteiger partial charge is 0.495 e. The predicted octanol–water partition coefficient (Wildman–Crippen LogP) is 1.27. The van der Waals surface area contributed by atoms with Gasteiger partial charge in [0.2, 0.25) is 0 Å². The Morgan fingerprint density at radius 2 is 2.16 bits per heavy atom. The van der Waals surface area contributed by atoms with Crippen LogP contribution in [0.2, 0.25) is 5.02 Å². The monoisotopic (exact) mass is 363 g/mol. The van der Waals surface area contributed by atoms with Crippen LogP contribution in [0.3, 0.4) is 0 Å². The molecule has 1 aromatic carbocycles. The third-order valence-electron chi connectivity index (χ3n) is 3.94. The average molecular weight is 364 g/mol. The van der Waals surface area contributed by atoms with Crippen molar-refractivity contribution in [3.63, 3.8) is 0 Å². The van der Waals surface area contributed by atoms with Gasteiger partial charge >= 0.3 is 0 Å². The van der Waals surface area contributed by atoms with Gasteiger partial charge in [-0.25, -0.2) is 0 Å². The lowest BCUT2D eigenvalue weighted by Gasteiger charge is -2.33. The Balaban J connectivity index is 1.99. The van der Waals surface area contributed by atoms with Gasteiger partial charge in [-0.1, -0.05) is 11.6 Å². The molecule has 2 rings (SSSR count). The van der Waals surface area contributed by atoms with Crippen LogP contribution in [-0.2, 0) is 4.79 Å². The number of benzene rings is 1. The number of nitrogens with two attached hydrogens (primary N) is 1. The van der Waals surface area contributed by atoms with Crippen molar-refractivity contribution >= 4 is 23.2 Å². The summed E-state index contributed by atoms with van der Waals surface area (Å²) in [6.45, 7) is 4.73. The maximum Gasteiger partial charge on any atom is 0.267 e.